The van der Waals surface area contributed by atoms with Gasteiger partial charge >= 0.3 is 0 Å². The first-order chi connectivity index (χ1) is 7.87. The third kappa shape index (κ3) is 4.90. The lowest BCUT2D eigenvalue weighted by atomic mass is 9.71. The number of amides is 1. The van der Waals surface area contributed by atoms with Crippen molar-refractivity contribution in [3.63, 3.8) is 0 Å². The Morgan fingerprint density at radius 2 is 1.94 bits per heavy atom. The predicted octanol–water partition coefficient (Wildman–Crippen LogP) is 2.40. The van der Waals surface area contributed by atoms with Crippen LogP contribution >= 0.6 is 0 Å². The average molecular weight is 239 g/mol. The van der Waals surface area contributed by atoms with E-state index in [0.29, 0.717) is 24.8 Å². The maximum Gasteiger partial charge on any atom is 0.220 e. The Morgan fingerprint density at radius 1 is 1.35 bits per heavy atom. The van der Waals surface area contributed by atoms with Crippen molar-refractivity contribution in [1.82, 2.24) is 5.32 Å². The molecule has 0 bridgehead atoms. The lowest BCUT2D eigenvalue weighted by Gasteiger charge is -2.40. The van der Waals surface area contributed by atoms with Gasteiger partial charge in [-0.25, -0.2) is 0 Å². The largest absolute Gasteiger partial charge is 0.388 e. The Bertz CT molecular complexity index is 274. The molecule has 0 unspecified atom stereocenters. The zero-order chi connectivity index (χ0) is 12.9. The van der Waals surface area contributed by atoms with Crippen LogP contribution in [0.3, 0.4) is 0 Å². The molecule has 0 aliphatic heterocycles. The summed E-state index contributed by atoms with van der Waals surface area (Å²) in [7, 11) is 0. The van der Waals surface area contributed by atoms with Crippen LogP contribution in [0.5, 0.6) is 0 Å². The van der Waals surface area contributed by atoms with Gasteiger partial charge < -0.3 is 10.4 Å². The van der Waals surface area contributed by atoms with Crippen molar-refractivity contribution in [2.45, 2.75) is 58.0 Å². The quantitative estimate of drug-likeness (QED) is 0.724. The number of allylic oxidation sites excluding steroid dienone is 1. The molecule has 1 saturated carbocycles. The van der Waals surface area contributed by atoms with Crippen LogP contribution in [-0.4, -0.2) is 23.2 Å². The normalized spacial score (nSPS) is 21.8. The number of carbonyl (C=O) groups excluding carboxylic acids is 1. The van der Waals surface area contributed by atoms with E-state index < -0.39 is 5.60 Å². The lowest BCUT2D eigenvalue weighted by Crippen LogP contribution is -2.46. The van der Waals surface area contributed by atoms with Gasteiger partial charge in [0.05, 0.1) is 5.60 Å². The summed E-state index contributed by atoms with van der Waals surface area (Å²) in [5.74, 6) is 0.00292. The Balaban J connectivity index is 2.31. The molecule has 0 radical (unpaired) electrons. The SMILES string of the molecule is C=CCCC(=O)NCC1(O)CCC(C)(C)CC1. The summed E-state index contributed by atoms with van der Waals surface area (Å²) in [4.78, 5) is 11.4. The Hall–Kier alpha value is -0.830. The van der Waals surface area contributed by atoms with Crippen LogP contribution in [-0.2, 0) is 4.79 Å². The molecule has 1 aliphatic carbocycles. The van der Waals surface area contributed by atoms with Crippen LogP contribution in [0.4, 0.5) is 0 Å². The van der Waals surface area contributed by atoms with E-state index >= 15 is 0 Å². The number of hydrogen-bond donors (Lipinski definition) is 2. The molecule has 0 atom stereocenters. The van der Waals surface area contributed by atoms with Crippen LogP contribution in [0.1, 0.15) is 52.4 Å². The molecule has 3 heteroatoms. The fourth-order valence-corrected chi connectivity index (χ4v) is 2.15. The summed E-state index contributed by atoms with van der Waals surface area (Å²) in [6, 6.07) is 0. The molecule has 2 N–H and O–H groups in total. The molecule has 0 saturated heterocycles. The number of nitrogens with one attached hydrogen (secondary N) is 1. The minimum absolute atomic E-state index is 0.00292. The van der Waals surface area contributed by atoms with E-state index in [1.165, 1.54) is 0 Å². The van der Waals surface area contributed by atoms with Gasteiger partial charge in [0.15, 0.2) is 0 Å². The van der Waals surface area contributed by atoms with Crippen molar-refractivity contribution in [3.05, 3.63) is 12.7 Å². The molecule has 98 valence electrons. The Morgan fingerprint density at radius 3 is 2.47 bits per heavy atom. The second-order valence-electron chi connectivity index (χ2n) is 5.99. The molecule has 1 aliphatic rings. The Labute approximate surface area is 104 Å². The summed E-state index contributed by atoms with van der Waals surface area (Å²) in [6.07, 6.45) is 6.49. The summed E-state index contributed by atoms with van der Waals surface area (Å²) < 4.78 is 0. The van der Waals surface area contributed by atoms with Gasteiger partial charge in [-0.3, -0.25) is 4.79 Å². The zero-order valence-corrected chi connectivity index (χ0v) is 11.1. The number of aliphatic hydroxyl groups is 1. The van der Waals surface area contributed by atoms with Crippen LogP contribution in [0, 0.1) is 5.41 Å². The van der Waals surface area contributed by atoms with Crippen molar-refractivity contribution >= 4 is 5.91 Å². The molecular formula is C14H25NO2. The standard InChI is InChI=1S/C14H25NO2/c1-4-5-6-12(16)15-11-14(17)9-7-13(2,3)8-10-14/h4,17H,1,5-11H2,2-3H3,(H,15,16). The van der Waals surface area contributed by atoms with Gasteiger partial charge in [0.1, 0.15) is 0 Å². The molecular weight excluding hydrogens is 214 g/mol. The van der Waals surface area contributed by atoms with Crippen molar-refractivity contribution < 1.29 is 9.90 Å². The molecule has 1 rings (SSSR count). The van der Waals surface area contributed by atoms with E-state index in [1.54, 1.807) is 6.08 Å². The van der Waals surface area contributed by atoms with E-state index in [0.717, 1.165) is 25.7 Å². The van der Waals surface area contributed by atoms with Gasteiger partial charge in [0, 0.05) is 13.0 Å². The van der Waals surface area contributed by atoms with Crippen molar-refractivity contribution in [2.24, 2.45) is 5.41 Å². The highest BCUT2D eigenvalue weighted by atomic mass is 16.3. The van der Waals surface area contributed by atoms with Crippen molar-refractivity contribution in [2.75, 3.05) is 6.54 Å². The number of hydrogen-bond acceptors (Lipinski definition) is 2. The van der Waals surface area contributed by atoms with Gasteiger partial charge in [-0.15, -0.1) is 6.58 Å². The molecule has 1 fully saturated rings. The van der Waals surface area contributed by atoms with Crippen molar-refractivity contribution in [3.8, 4) is 0 Å². The van der Waals surface area contributed by atoms with E-state index in [4.69, 9.17) is 0 Å². The summed E-state index contributed by atoms with van der Waals surface area (Å²) in [6.45, 7) is 8.43. The predicted molar refractivity (Wildman–Crippen MR) is 69.6 cm³/mol. The van der Waals surface area contributed by atoms with Crippen LogP contribution in [0.2, 0.25) is 0 Å². The van der Waals surface area contributed by atoms with Gasteiger partial charge in [-0.1, -0.05) is 19.9 Å². The highest BCUT2D eigenvalue weighted by Crippen LogP contribution is 2.39. The molecule has 0 spiro atoms. The molecule has 0 aromatic heterocycles. The minimum atomic E-state index is -0.695. The molecule has 3 nitrogen and oxygen atoms in total. The van der Waals surface area contributed by atoms with Crippen LogP contribution in [0.25, 0.3) is 0 Å². The fourth-order valence-electron chi connectivity index (χ4n) is 2.15. The first-order valence-electron chi connectivity index (χ1n) is 6.47. The van der Waals surface area contributed by atoms with Crippen molar-refractivity contribution in [1.29, 1.82) is 0 Å². The van der Waals surface area contributed by atoms with E-state index in [9.17, 15) is 9.90 Å². The second kappa shape index (κ2) is 5.67. The number of carbonyl (C=O) groups is 1. The average Bonchev–Trinajstić information content (AvgIpc) is 2.29. The van der Waals surface area contributed by atoms with E-state index in [2.05, 4.69) is 25.7 Å². The maximum absolute atomic E-state index is 11.4. The monoisotopic (exact) mass is 239 g/mol. The summed E-state index contributed by atoms with van der Waals surface area (Å²) in [5.41, 5.74) is -0.363. The van der Waals surface area contributed by atoms with Gasteiger partial charge in [-0.05, 0) is 37.5 Å². The molecule has 17 heavy (non-hydrogen) atoms. The summed E-state index contributed by atoms with van der Waals surface area (Å²) in [5, 5.41) is 13.2. The summed E-state index contributed by atoms with van der Waals surface area (Å²) >= 11 is 0. The first kappa shape index (κ1) is 14.2. The number of rotatable bonds is 5. The first-order valence-corrected chi connectivity index (χ1v) is 6.47. The topological polar surface area (TPSA) is 49.3 Å². The van der Waals surface area contributed by atoms with Gasteiger partial charge in [0.25, 0.3) is 0 Å². The fraction of sp³-hybridized carbons (Fsp3) is 0.786. The highest BCUT2D eigenvalue weighted by Gasteiger charge is 2.36. The maximum atomic E-state index is 11.4. The molecule has 0 heterocycles. The zero-order valence-electron chi connectivity index (χ0n) is 11.1. The second-order valence-corrected chi connectivity index (χ2v) is 5.99. The molecule has 0 aromatic carbocycles. The third-order valence-electron chi connectivity index (χ3n) is 3.72. The van der Waals surface area contributed by atoms with Crippen LogP contribution < -0.4 is 5.32 Å². The van der Waals surface area contributed by atoms with Crippen LogP contribution in [0.15, 0.2) is 12.7 Å². The minimum Gasteiger partial charge on any atom is -0.388 e. The highest BCUT2D eigenvalue weighted by molar-refractivity contribution is 5.76. The van der Waals surface area contributed by atoms with E-state index in [1.807, 2.05) is 0 Å². The van der Waals surface area contributed by atoms with Gasteiger partial charge in [0.2, 0.25) is 5.91 Å². The Kier molecular flexibility index (Phi) is 4.75. The van der Waals surface area contributed by atoms with E-state index in [-0.39, 0.29) is 5.91 Å². The smallest absolute Gasteiger partial charge is 0.220 e. The molecule has 1 amide bonds. The van der Waals surface area contributed by atoms with Gasteiger partial charge in [-0.2, -0.15) is 0 Å². The third-order valence-corrected chi connectivity index (χ3v) is 3.72. The lowest BCUT2D eigenvalue weighted by molar-refractivity contribution is -0.123. The molecule has 0 aromatic rings.